The number of hydrogen-bond acceptors (Lipinski definition) is 4. The first-order valence-corrected chi connectivity index (χ1v) is 9.12. The van der Waals surface area contributed by atoms with Crippen LogP contribution in [0.15, 0.2) is 41.4 Å². The van der Waals surface area contributed by atoms with Gasteiger partial charge in [-0.1, -0.05) is 55.9 Å². The number of benzene rings is 1. The van der Waals surface area contributed by atoms with Crippen LogP contribution in [0.1, 0.15) is 56.7 Å². The second-order valence-corrected chi connectivity index (χ2v) is 7.62. The van der Waals surface area contributed by atoms with Gasteiger partial charge in [0.15, 0.2) is 0 Å². The molecule has 1 heterocycles. The highest BCUT2D eigenvalue weighted by atomic mass is 32.2. The molecule has 1 N–H and O–H groups in total. The maximum absolute atomic E-state index is 12.5. The Morgan fingerprint density at radius 1 is 1.08 bits per heavy atom. The van der Waals surface area contributed by atoms with Crippen molar-refractivity contribution in [1.82, 2.24) is 15.3 Å². The van der Waals surface area contributed by atoms with Crippen LogP contribution < -0.4 is 5.32 Å². The molecule has 2 aromatic rings. The normalized spacial score (nSPS) is 13.6. The molecule has 0 aliphatic carbocycles. The summed E-state index contributed by atoms with van der Waals surface area (Å²) in [4.78, 5) is 21.5. The van der Waals surface area contributed by atoms with Gasteiger partial charge in [-0.3, -0.25) is 4.79 Å². The molecule has 0 aliphatic rings. The van der Waals surface area contributed by atoms with Crippen LogP contribution >= 0.6 is 11.8 Å². The molecule has 2 rings (SSSR count). The Balaban J connectivity index is 2.01. The van der Waals surface area contributed by atoms with Crippen molar-refractivity contribution in [3.05, 3.63) is 53.5 Å². The highest BCUT2D eigenvalue weighted by Crippen LogP contribution is 2.24. The minimum Gasteiger partial charge on any atom is -0.349 e. The van der Waals surface area contributed by atoms with Crippen molar-refractivity contribution in [2.24, 2.45) is 0 Å². The molecular formula is C19H25N3OS. The lowest BCUT2D eigenvalue weighted by atomic mass is 10.1. The van der Waals surface area contributed by atoms with Gasteiger partial charge in [-0.05, 0) is 32.4 Å². The van der Waals surface area contributed by atoms with E-state index in [4.69, 9.17) is 0 Å². The minimum atomic E-state index is -0.217. The van der Waals surface area contributed by atoms with Gasteiger partial charge < -0.3 is 5.32 Å². The molecule has 0 saturated carbocycles. The Labute approximate surface area is 148 Å². The lowest BCUT2D eigenvalue weighted by molar-refractivity contribution is -0.120. The van der Waals surface area contributed by atoms with E-state index in [1.54, 1.807) is 0 Å². The lowest BCUT2D eigenvalue weighted by Gasteiger charge is -2.18. The van der Waals surface area contributed by atoms with Crippen LogP contribution in [-0.2, 0) is 4.79 Å². The predicted molar refractivity (Wildman–Crippen MR) is 99.2 cm³/mol. The zero-order valence-corrected chi connectivity index (χ0v) is 15.7. The molecule has 128 valence electrons. The van der Waals surface area contributed by atoms with Crippen LogP contribution in [-0.4, -0.2) is 21.1 Å². The van der Waals surface area contributed by atoms with Gasteiger partial charge in [0.2, 0.25) is 5.91 Å². The highest BCUT2D eigenvalue weighted by molar-refractivity contribution is 8.00. The smallest absolute Gasteiger partial charge is 0.233 e. The molecule has 0 fully saturated rings. The van der Waals surface area contributed by atoms with E-state index in [1.807, 2.05) is 57.2 Å². The van der Waals surface area contributed by atoms with Gasteiger partial charge in [-0.2, -0.15) is 0 Å². The number of aryl methyl sites for hydroxylation is 1. The zero-order valence-electron chi connectivity index (χ0n) is 14.9. The molecule has 0 unspecified atom stereocenters. The van der Waals surface area contributed by atoms with Gasteiger partial charge in [0.25, 0.3) is 0 Å². The van der Waals surface area contributed by atoms with Crippen LogP contribution in [0.25, 0.3) is 0 Å². The van der Waals surface area contributed by atoms with Crippen molar-refractivity contribution in [3.63, 3.8) is 0 Å². The first-order valence-electron chi connectivity index (χ1n) is 8.24. The topological polar surface area (TPSA) is 54.9 Å². The number of nitrogens with one attached hydrogen (secondary N) is 1. The molecule has 4 nitrogen and oxygen atoms in total. The Morgan fingerprint density at radius 2 is 1.75 bits per heavy atom. The third kappa shape index (κ3) is 5.06. The van der Waals surface area contributed by atoms with Crippen molar-refractivity contribution in [1.29, 1.82) is 0 Å². The van der Waals surface area contributed by atoms with Crippen LogP contribution in [0.5, 0.6) is 0 Å². The van der Waals surface area contributed by atoms with E-state index < -0.39 is 0 Å². The van der Waals surface area contributed by atoms with Gasteiger partial charge >= 0.3 is 0 Å². The molecule has 1 amide bonds. The van der Waals surface area contributed by atoms with Crippen LogP contribution in [0.3, 0.4) is 0 Å². The largest absolute Gasteiger partial charge is 0.349 e. The van der Waals surface area contributed by atoms with E-state index in [0.717, 1.165) is 22.1 Å². The third-order valence-corrected chi connectivity index (χ3v) is 4.71. The Morgan fingerprint density at radius 3 is 2.38 bits per heavy atom. The summed E-state index contributed by atoms with van der Waals surface area (Å²) in [6, 6.07) is 11.9. The molecule has 0 bridgehead atoms. The first kappa shape index (κ1) is 18.5. The summed E-state index contributed by atoms with van der Waals surface area (Å²) in [7, 11) is 0. The second-order valence-electron chi connectivity index (χ2n) is 6.26. The van der Waals surface area contributed by atoms with Crippen molar-refractivity contribution in [2.45, 2.75) is 56.9 Å². The van der Waals surface area contributed by atoms with Gasteiger partial charge in [0.05, 0.1) is 11.3 Å². The molecule has 0 radical (unpaired) electrons. The molecule has 0 aliphatic heterocycles. The number of hydrogen-bond donors (Lipinski definition) is 1. The predicted octanol–water partition coefficient (Wildman–Crippen LogP) is 4.27. The number of amides is 1. The van der Waals surface area contributed by atoms with E-state index in [0.29, 0.717) is 0 Å². The fourth-order valence-electron chi connectivity index (χ4n) is 2.27. The molecular weight excluding hydrogens is 318 g/mol. The Bertz CT molecular complexity index is 688. The Hall–Kier alpha value is -1.88. The third-order valence-electron chi connectivity index (χ3n) is 3.69. The molecule has 24 heavy (non-hydrogen) atoms. The average Bonchev–Trinajstić information content (AvgIpc) is 2.54. The average molecular weight is 343 g/mol. The van der Waals surface area contributed by atoms with Crippen molar-refractivity contribution >= 4 is 17.7 Å². The summed E-state index contributed by atoms with van der Waals surface area (Å²) in [6.45, 7) is 10.0. The van der Waals surface area contributed by atoms with E-state index in [2.05, 4.69) is 29.1 Å². The molecule has 0 saturated heterocycles. The summed E-state index contributed by atoms with van der Waals surface area (Å²) >= 11 is 1.47. The second kappa shape index (κ2) is 8.29. The van der Waals surface area contributed by atoms with Crippen LogP contribution in [0.4, 0.5) is 0 Å². The maximum atomic E-state index is 12.5. The quantitative estimate of drug-likeness (QED) is 0.629. The maximum Gasteiger partial charge on any atom is 0.233 e. The molecule has 5 heteroatoms. The standard InChI is InChI=1S/C19H25N3OS/c1-12(2)18-20-13(3)11-17(22-18)24-15(5)19(23)21-14(4)16-9-7-6-8-10-16/h6-12,14-15H,1-5H3,(H,21,23)/t14-,15+/m0/s1. The lowest BCUT2D eigenvalue weighted by Crippen LogP contribution is -2.33. The summed E-state index contributed by atoms with van der Waals surface area (Å²) in [6.07, 6.45) is 0. The van der Waals surface area contributed by atoms with Crippen LogP contribution in [0, 0.1) is 6.92 Å². The molecule has 1 aromatic heterocycles. The van der Waals surface area contributed by atoms with Gasteiger partial charge in [-0.15, -0.1) is 0 Å². The van der Waals surface area contributed by atoms with Crippen molar-refractivity contribution in [2.75, 3.05) is 0 Å². The van der Waals surface area contributed by atoms with Gasteiger partial charge in [-0.25, -0.2) is 9.97 Å². The van der Waals surface area contributed by atoms with Gasteiger partial charge in [0.1, 0.15) is 10.9 Å². The van der Waals surface area contributed by atoms with E-state index in [-0.39, 0.29) is 23.1 Å². The number of carbonyl (C=O) groups excluding carboxylic acids is 1. The van der Waals surface area contributed by atoms with Crippen LogP contribution in [0.2, 0.25) is 0 Å². The number of thioether (sulfide) groups is 1. The number of rotatable bonds is 6. The highest BCUT2D eigenvalue weighted by Gasteiger charge is 2.18. The summed E-state index contributed by atoms with van der Waals surface area (Å²) in [5.41, 5.74) is 2.03. The fraction of sp³-hybridized carbons (Fsp3) is 0.421. The van der Waals surface area contributed by atoms with Crippen molar-refractivity contribution in [3.8, 4) is 0 Å². The summed E-state index contributed by atoms with van der Waals surface area (Å²) in [5, 5.41) is 3.70. The summed E-state index contributed by atoms with van der Waals surface area (Å²) < 4.78 is 0. The van der Waals surface area contributed by atoms with Crippen molar-refractivity contribution < 1.29 is 4.79 Å². The molecule has 1 aromatic carbocycles. The number of nitrogens with zero attached hydrogens (tertiary/aromatic N) is 2. The Kier molecular flexibility index (Phi) is 6.37. The van der Waals surface area contributed by atoms with E-state index in [9.17, 15) is 4.79 Å². The zero-order chi connectivity index (χ0) is 17.7. The van der Waals surface area contributed by atoms with Gasteiger partial charge in [0, 0.05) is 11.6 Å². The monoisotopic (exact) mass is 343 g/mol. The van der Waals surface area contributed by atoms with E-state index in [1.165, 1.54) is 11.8 Å². The minimum absolute atomic E-state index is 0.0127. The SMILES string of the molecule is Cc1cc(S[C@H](C)C(=O)N[C@@H](C)c2ccccc2)nc(C(C)C)n1. The first-order chi connectivity index (χ1) is 11.4. The fourth-order valence-corrected chi connectivity index (χ4v) is 3.19. The number of carbonyl (C=O) groups is 1. The van der Waals surface area contributed by atoms with E-state index >= 15 is 0 Å². The molecule has 2 atom stereocenters. The molecule has 0 spiro atoms. The number of aromatic nitrogens is 2. The summed E-state index contributed by atoms with van der Waals surface area (Å²) in [5.74, 6) is 1.10.